The quantitative estimate of drug-likeness (QED) is 0.298. The standard InChI is InChI=1S/C30H26N4O4/c1-18-24(29(35)31-19(2)20-10-14-23(38-3)15-11-20)16-17-27-28(18)32-33-34(27)22-12-8-21(9-13-22)25-6-4-5-7-26(25)30(36)37/h4-17,19H,1-3H3,(H,31,35)(H,36,37)/t19-/m0/s1. The summed E-state index contributed by atoms with van der Waals surface area (Å²) in [6, 6.07) is 25.4. The number of rotatable bonds is 7. The highest BCUT2D eigenvalue weighted by atomic mass is 16.5. The Kier molecular flexibility index (Phi) is 6.62. The maximum atomic E-state index is 13.1. The third-order valence-electron chi connectivity index (χ3n) is 6.66. The SMILES string of the molecule is COc1ccc([C@H](C)NC(=O)c2ccc3c(nnn3-c3ccc(-c4ccccc4C(=O)O)cc3)c2C)cc1. The molecular weight excluding hydrogens is 480 g/mol. The molecule has 8 nitrogen and oxygen atoms in total. The molecule has 38 heavy (non-hydrogen) atoms. The summed E-state index contributed by atoms with van der Waals surface area (Å²) in [5, 5.41) is 21.2. The molecule has 0 saturated heterocycles. The number of hydrogen-bond acceptors (Lipinski definition) is 5. The molecule has 0 spiro atoms. The van der Waals surface area contributed by atoms with Crippen LogP contribution in [0.2, 0.25) is 0 Å². The molecule has 0 radical (unpaired) electrons. The maximum absolute atomic E-state index is 13.1. The van der Waals surface area contributed by atoms with Crippen molar-refractivity contribution in [1.29, 1.82) is 0 Å². The van der Waals surface area contributed by atoms with E-state index < -0.39 is 5.97 Å². The zero-order chi connectivity index (χ0) is 26.8. The predicted octanol–water partition coefficient (Wildman–Crippen LogP) is 5.59. The number of aromatic nitrogens is 3. The molecule has 0 aliphatic heterocycles. The zero-order valence-corrected chi connectivity index (χ0v) is 21.2. The first-order chi connectivity index (χ1) is 18.4. The molecular formula is C30H26N4O4. The average Bonchev–Trinajstić information content (AvgIpc) is 3.38. The number of benzene rings is 4. The fraction of sp³-hybridized carbons (Fsp3) is 0.133. The van der Waals surface area contributed by atoms with Gasteiger partial charge < -0.3 is 15.2 Å². The Hall–Kier alpha value is -4.98. The summed E-state index contributed by atoms with van der Waals surface area (Å²) in [5.41, 5.74) is 6.09. The van der Waals surface area contributed by atoms with Gasteiger partial charge in [-0.05, 0) is 78.6 Å². The van der Waals surface area contributed by atoms with Gasteiger partial charge in [-0.1, -0.05) is 47.7 Å². The van der Waals surface area contributed by atoms with Crippen LogP contribution in [0.15, 0.2) is 84.9 Å². The second-order valence-electron chi connectivity index (χ2n) is 8.97. The van der Waals surface area contributed by atoms with Crippen LogP contribution in [0.4, 0.5) is 0 Å². The smallest absolute Gasteiger partial charge is 0.336 e. The summed E-state index contributed by atoms with van der Waals surface area (Å²) in [6.45, 7) is 3.79. The molecule has 190 valence electrons. The zero-order valence-electron chi connectivity index (χ0n) is 21.2. The fourth-order valence-corrected chi connectivity index (χ4v) is 4.51. The monoisotopic (exact) mass is 506 g/mol. The van der Waals surface area contributed by atoms with E-state index in [9.17, 15) is 14.7 Å². The first-order valence-electron chi connectivity index (χ1n) is 12.1. The van der Waals surface area contributed by atoms with Crippen LogP contribution >= 0.6 is 0 Å². The minimum absolute atomic E-state index is 0.191. The Morgan fingerprint density at radius 2 is 1.63 bits per heavy atom. The van der Waals surface area contributed by atoms with E-state index in [-0.39, 0.29) is 17.5 Å². The van der Waals surface area contributed by atoms with Gasteiger partial charge in [-0.2, -0.15) is 0 Å². The molecule has 2 N–H and O–H groups in total. The van der Waals surface area contributed by atoms with E-state index >= 15 is 0 Å². The molecule has 0 unspecified atom stereocenters. The van der Waals surface area contributed by atoms with Crippen LogP contribution in [0.25, 0.3) is 27.8 Å². The molecule has 0 aliphatic carbocycles. The van der Waals surface area contributed by atoms with Crippen molar-refractivity contribution in [3.63, 3.8) is 0 Å². The second kappa shape index (κ2) is 10.2. The Morgan fingerprint density at radius 1 is 0.921 bits per heavy atom. The van der Waals surface area contributed by atoms with Crippen LogP contribution in [-0.2, 0) is 0 Å². The summed E-state index contributed by atoms with van der Waals surface area (Å²) in [6.07, 6.45) is 0. The van der Waals surface area contributed by atoms with Crippen molar-refractivity contribution >= 4 is 22.9 Å². The molecule has 1 amide bonds. The summed E-state index contributed by atoms with van der Waals surface area (Å²) >= 11 is 0. The molecule has 0 fully saturated rings. The largest absolute Gasteiger partial charge is 0.497 e. The molecule has 0 aliphatic rings. The first-order valence-corrected chi connectivity index (χ1v) is 12.1. The van der Waals surface area contributed by atoms with Gasteiger partial charge in [0.25, 0.3) is 5.91 Å². The van der Waals surface area contributed by atoms with Crippen molar-refractivity contribution in [1.82, 2.24) is 20.3 Å². The molecule has 0 bridgehead atoms. The Balaban J connectivity index is 1.40. The van der Waals surface area contributed by atoms with Gasteiger partial charge >= 0.3 is 5.97 Å². The number of fused-ring (bicyclic) bond motifs is 1. The van der Waals surface area contributed by atoms with Crippen molar-refractivity contribution in [2.75, 3.05) is 7.11 Å². The highest BCUT2D eigenvalue weighted by Crippen LogP contribution is 2.27. The molecule has 8 heteroatoms. The summed E-state index contributed by atoms with van der Waals surface area (Å²) in [5.74, 6) is -0.402. The van der Waals surface area contributed by atoms with E-state index in [4.69, 9.17) is 4.74 Å². The van der Waals surface area contributed by atoms with Crippen LogP contribution in [-0.4, -0.2) is 39.1 Å². The number of aromatic carboxylic acids is 1. The lowest BCUT2D eigenvalue weighted by atomic mass is 9.99. The Bertz CT molecular complexity index is 1640. The van der Waals surface area contributed by atoms with E-state index in [1.54, 1.807) is 36.1 Å². The van der Waals surface area contributed by atoms with Crippen molar-refractivity contribution in [2.24, 2.45) is 0 Å². The second-order valence-corrected chi connectivity index (χ2v) is 8.97. The number of carboxylic acid groups (broad SMARTS) is 1. The van der Waals surface area contributed by atoms with Gasteiger partial charge in [0.2, 0.25) is 0 Å². The van der Waals surface area contributed by atoms with Crippen molar-refractivity contribution in [2.45, 2.75) is 19.9 Å². The number of hydrogen-bond donors (Lipinski definition) is 2. The summed E-state index contributed by atoms with van der Waals surface area (Å²) in [7, 11) is 1.62. The average molecular weight is 507 g/mol. The summed E-state index contributed by atoms with van der Waals surface area (Å²) in [4.78, 5) is 24.7. The van der Waals surface area contributed by atoms with E-state index in [0.717, 1.165) is 33.6 Å². The normalized spacial score (nSPS) is 11.8. The number of carbonyl (C=O) groups is 2. The van der Waals surface area contributed by atoms with E-state index in [1.165, 1.54) is 0 Å². The van der Waals surface area contributed by atoms with E-state index in [1.807, 2.05) is 74.5 Å². The molecule has 5 aromatic rings. The lowest BCUT2D eigenvalue weighted by Crippen LogP contribution is -2.27. The molecule has 4 aromatic carbocycles. The van der Waals surface area contributed by atoms with Gasteiger partial charge in [0.05, 0.1) is 29.9 Å². The van der Waals surface area contributed by atoms with Gasteiger partial charge in [0.15, 0.2) is 0 Å². The predicted molar refractivity (Wildman–Crippen MR) is 145 cm³/mol. The number of nitrogens with one attached hydrogen (secondary N) is 1. The molecule has 1 atom stereocenters. The third-order valence-corrected chi connectivity index (χ3v) is 6.66. The van der Waals surface area contributed by atoms with Gasteiger partial charge in [0.1, 0.15) is 11.3 Å². The minimum atomic E-state index is -0.972. The van der Waals surface area contributed by atoms with Gasteiger partial charge in [-0.15, -0.1) is 5.10 Å². The van der Waals surface area contributed by atoms with Crippen molar-refractivity contribution < 1.29 is 19.4 Å². The van der Waals surface area contributed by atoms with Crippen LogP contribution in [0, 0.1) is 6.92 Å². The first kappa shape index (κ1) is 24.7. The highest BCUT2D eigenvalue weighted by molar-refractivity contribution is 6.00. The van der Waals surface area contributed by atoms with Crippen molar-refractivity contribution in [3.05, 3.63) is 107 Å². The minimum Gasteiger partial charge on any atom is -0.497 e. The number of methoxy groups -OCH3 is 1. The fourth-order valence-electron chi connectivity index (χ4n) is 4.51. The number of aryl methyl sites for hydroxylation is 1. The van der Waals surface area contributed by atoms with E-state index in [2.05, 4.69) is 15.6 Å². The third kappa shape index (κ3) is 4.59. The van der Waals surface area contributed by atoms with Gasteiger partial charge in [0, 0.05) is 5.56 Å². The Morgan fingerprint density at radius 3 is 2.32 bits per heavy atom. The Labute approximate surface area is 219 Å². The van der Waals surface area contributed by atoms with Crippen LogP contribution < -0.4 is 10.1 Å². The lowest BCUT2D eigenvalue weighted by Gasteiger charge is -2.16. The van der Waals surface area contributed by atoms with Gasteiger partial charge in [-0.3, -0.25) is 4.79 Å². The van der Waals surface area contributed by atoms with E-state index in [0.29, 0.717) is 16.6 Å². The van der Waals surface area contributed by atoms with Crippen LogP contribution in [0.3, 0.4) is 0 Å². The number of ether oxygens (including phenoxy) is 1. The number of amides is 1. The number of carboxylic acids is 1. The molecule has 1 aromatic heterocycles. The van der Waals surface area contributed by atoms with Crippen LogP contribution in [0.5, 0.6) is 5.75 Å². The molecule has 5 rings (SSSR count). The number of carbonyl (C=O) groups excluding carboxylic acids is 1. The molecule has 1 heterocycles. The molecule has 0 saturated carbocycles. The van der Waals surface area contributed by atoms with Gasteiger partial charge in [-0.25, -0.2) is 9.48 Å². The van der Waals surface area contributed by atoms with Crippen molar-refractivity contribution in [3.8, 4) is 22.6 Å². The number of nitrogens with zero attached hydrogens (tertiary/aromatic N) is 3. The maximum Gasteiger partial charge on any atom is 0.336 e. The van der Waals surface area contributed by atoms with Crippen LogP contribution in [0.1, 0.15) is 44.8 Å². The lowest BCUT2D eigenvalue weighted by molar-refractivity contribution is 0.0697. The topological polar surface area (TPSA) is 106 Å². The summed E-state index contributed by atoms with van der Waals surface area (Å²) < 4.78 is 6.91. The highest BCUT2D eigenvalue weighted by Gasteiger charge is 2.18.